The van der Waals surface area contributed by atoms with Gasteiger partial charge in [0.15, 0.2) is 0 Å². The van der Waals surface area contributed by atoms with Gasteiger partial charge in [-0.3, -0.25) is 9.78 Å². The van der Waals surface area contributed by atoms with Crippen LogP contribution in [0.25, 0.3) is 11.1 Å². The van der Waals surface area contributed by atoms with E-state index in [1.807, 2.05) is 32.2 Å². The molecule has 1 aromatic heterocycles. The summed E-state index contributed by atoms with van der Waals surface area (Å²) in [4.78, 5) is 15.9. The number of fused-ring (bicyclic) bond motifs is 3. The number of esters is 1. The SMILES string of the molecule is CCCCCc1cc(OC(C)=O)c2c(c1)OC(C)(C)c1ccncc1-2. The lowest BCUT2D eigenvalue weighted by Gasteiger charge is -2.35. The summed E-state index contributed by atoms with van der Waals surface area (Å²) in [6.45, 7) is 7.70. The molecule has 0 fully saturated rings. The molecule has 1 aromatic carbocycles. The Labute approximate surface area is 149 Å². The molecule has 0 N–H and O–H groups in total. The smallest absolute Gasteiger partial charge is 0.308 e. The van der Waals surface area contributed by atoms with Gasteiger partial charge in [0, 0.05) is 30.4 Å². The minimum Gasteiger partial charge on any atom is -0.482 e. The number of rotatable bonds is 5. The molecule has 0 spiro atoms. The Kier molecular flexibility index (Phi) is 4.80. The fourth-order valence-corrected chi connectivity index (χ4v) is 3.40. The molecule has 1 aliphatic heterocycles. The summed E-state index contributed by atoms with van der Waals surface area (Å²) in [5, 5.41) is 0. The number of nitrogens with zero attached hydrogens (tertiary/aromatic N) is 1. The molecule has 4 nitrogen and oxygen atoms in total. The number of carbonyl (C=O) groups excluding carboxylic acids is 1. The topological polar surface area (TPSA) is 48.4 Å². The average molecular weight is 339 g/mol. The number of ether oxygens (including phenoxy) is 2. The minimum absolute atomic E-state index is 0.330. The fourth-order valence-electron chi connectivity index (χ4n) is 3.40. The van der Waals surface area contributed by atoms with Crippen molar-refractivity contribution in [2.75, 3.05) is 0 Å². The van der Waals surface area contributed by atoms with Crippen molar-refractivity contribution in [3.63, 3.8) is 0 Å². The zero-order valence-electron chi connectivity index (χ0n) is 15.4. The van der Waals surface area contributed by atoms with Crippen molar-refractivity contribution in [3.8, 4) is 22.6 Å². The highest BCUT2D eigenvalue weighted by Gasteiger charge is 2.35. The largest absolute Gasteiger partial charge is 0.482 e. The second-order valence-electron chi connectivity index (χ2n) is 7.05. The number of unbranched alkanes of at least 4 members (excludes halogenated alkanes) is 2. The lowest BCUT2D eigenvalue weighted by atomic mass is 9.86. The molecule has 0 amide bonds. The number of aryl methyl sites for hydroxylation is 1. The Balaban J connectivity index is 2.13. The van der Waals surface area contributed by atoms with Gasteiger partial charge in [-0.2, -0.15) is 0 Å². The van der Waals surface area contributed by atoms with Crippen molar-refractivity contribution >= 4 is 5.97 Å². The van der Waals surface area contributed by atoms with Crippen LogP contribution in [0.4, 0.5) is 0 Å². The maximum atomic E-state index is 11.6. The molecule has 2 aromatic rings. The first-order chi connectivity index (χ1) is 11.9. The minimum atomic E-state index is -0.458. The summed E-state index contributed by atoms with van der Waals surface area (Å²) in [5.74, 6) is 0.986. The van der Waals surface area contributed by atoms with Crippen LogP contribution >= 0.6 is 0 Å². The van der Waals surface area contributed by atoms with E-state index in [-0.39, 0.29) is 5.97 Å². The number of benzene rings is 1. The summed E-state index contributed by atoms with van der Waals surface area (Å²) in [5.41, 5.74) is 3.50. The lowest BCUT2D eigenvalue weighted by molar-refractivity contribution is -0.131. The molecular formula is C21H25NO3. The second-order valence-corrected chi connectivity index (χ2v) is 7.05. The molecule has 0 aliphatic carbocycles. The van der Waals surface area contributed by atoms with Crippen LogP contribution in [0.15, 0.2) is 30.6 Å². The summed E-state index contributed by atoms with van der Waals surface area (Å²) in [7, 11) is 0. The number of aromatic nitrogens is 1. The molecule has 132 valence electrons. The summed E-state index contributed by atoms with van der Waals surface area (Å²) in [6.07, 6.45) is 7.99. The first-order valence-corrected chi connectivity index (χ1v) is 8.91. The molecule has 0 bridgehead atoms. The van der Waals surface area contributed by atoms with E-state index in [9.17, 15) is 4.79 Å². The highest BCUT2D eigenvalue weighted by Crippen LogP contribution is 2.49. The van der Waals surface area contributed by atoms with Crippen molar-refractivity contribution in [1.82, 2.24) is 4.98 Å². The molecule has 1 aliphatic rings. The van der Waals surface area contributed by atoms with Gasteiger partial charge in [-0.25, -0.2) is 0 Å². The molecular weight excluding hydrogens is 314 g/mol. The normalized spacial score (nSPS) is 14.2. The molecule has 3 rings (SSSR count). The van der Waals surface area contributed by atoms with Gasteiger partial charge in [0.25, 0.3) is 0 Å². The third-order valence-corrected chi connectivity index (χ3v) is 4.55. The molecule has 25 heavy (non-hydrogen) atoms. The molecule has 0 unspecified atom stereocenters. The number of hydrogen-bond acceptors (Lipinski definition) is 4. The van der Waals surface area contributed by atoms with Gasteiger partial charge < -0.3 is 9.47 Å². The van der Waals surface area contributed by atoms with Crippen molar-refractivity contribution < 1.29 is 14.3 Å². The first-order valence-electron chi connectivity index (χ1n) is 8.91. The van der Waals surface area contributed by atoms with Crippen LogP contribution in [0, 0.1) is 0 Å². The third kappa shape index (κ3) is 3.53. The molecule has 0 saturated heterocycles. The van der Waals surface area contributed by atoms with Crippen LogP contribution in [0.5, 0.6) is 11.5 Å². The van der Waals surface area contributed by atoms with Crippen LogP contribution in [-0.4, -0.2) is 11.0 Å². The molecule has 2 heterocycles. The van der Waals surface area contributed by atoms with Crippen LogP contribution in [0.3, 0.4) is 0 Å². The molecule has 0 radical (unpaired) electrons. The van der Waals surface area contributed by atoms with Crippen LogP contribution < -0.4 is 9.47 Å². The highest BCUT2D eigenvalue weighted by molar-refractivity contribution is 5.84. The van der Waals surface area contributed by atoms with Gasteiger partial charge >= 0.3 is 5.97 Å². The van der Waals surface area contributed by atoms with Gasteiger partial charge in [0.1, 0.15) is 17.1 Å². The van der Waals surface area contributed by atoms with Crippen LogP contribution in [-0.2, 0) is 16.8 Å². The van der Waals surface area contributed by atoms with E-state index >= 15 is 0 Å². The standard InChI is InChI=1S/C21H25NO3/c1-5-6-7-8-15-11-18(24-14(2)23)20-16-13-22-10-9-17(16)21(3,4)25-19(20)12-15/h9-13H,5-8H2,1-4H3. The number of carbonyl (C=O) groups is 1. The average Bonchev–Trinajstić information content (AvgIpc) is 2.54. The monoisotopic (exact) mass is 339 g/mol. The predicted molar refractivity (Wildman–Crippen MR) is 97.9 cm³/mol. The van der Waals surface area contributed by atoms with Gasteiger partial charge in [0.05, 0.1) is 5.56 Å². The quantitative estimate of drug-likeness (QED) is 0.435. The van der Waals surface area contributed by atoms with Crippen molar-refractivity contribution in [1.29, 1.82) is 0 Å². The van der Waals surface area contributed by atoms with Crippen molar-refractivity contribution in [2.45, 2.75) is 59.0 Å². The van der Waals surface area contributed by atoms with E-state index < -0.39 is 5.60 Å². The molecule has 0 atom stereocenters. The van der Waals surface area contributed by atoms with Gasteiger partial charge in [-0.1, -0.05) is 19.8 Å². The van der Waals surface area contributed by atoms with Gasteiger partial charge in [0.2, 0.25) is 0 Å². The fraction of sp³-hybridized carbons (Fsp3) is 0.429. The summed E-state index contributed by atoms with van der Waals surface area (Å²) < 4.78 is 11.8. The highest BCUT2D eigenvalue weighted by atomic mass is 16.5. The zero-order valence-corrected chi connectivity index (χ0v) is 15.4. The van der Waals surface area contributed by atoms with Crippen LogP contribution in [0.1, 0.15) is 58.1 Å². The molecule has 0 saturated carbocycles. The zero-order chi connectivity index (χ0) is 18.0. The Bertz CT molecular complexity index is 796. The van der Waals surface area contributed by atoms with Crippen molar-refractivity contribution in [2.24, 2.45) is 0 Å². The van der Waals surface area contributed by atoms with Crippen LogP contribution in [0.2, 0.25) is 0 Å². The van der Waals surface area contributed by atoms with E-state index in [0.29, 0.717) is 5.75 Å². The Hall–Kier alpha value is -2.36. The number of pyridine rings is 1. The maximum Gasteiger partial charge on any atom is 0.308 e. The lowest BCUT2D eigenvalue weighted by Crippen LogP contribution is -2.29. The maximum absolute atomic E-state index is 11.6. The summed E-state index contributed by atoms with van der Waals surface area (Å²) >= 11 is 0. The third-order valence-electron chi connectivity index (χ3n) is 4.55. The summed E-state index contributed by atoms with van der Waals surface area (Å²) in [6, 6.07) is 6.01. The first kappa shape index (κ1) is 17.5. The van der Waals surface area contributed by atoms with Gasteiger partial charge in [-0.15, -0.1) is 0 Å². The predicted octanol–water partition coefficient (Wildman–Crippen LogP) is 5.03. The van der Waals surface area contributed by atoms with E-state index in [4.69, 9.17) is 9.47 Å². The van der Waals surface area contributed by atoms with E-state index in [1.165, 1.54) is 19.8 Å². The van der Waals surface area contributed by atoms with Crippen molar-refractivity contribution in [3.05, 3.63) is 41.7 Å². The van der Waals surface area contributed by atoms with E-state index in [0.717, 1.165) is 40.8 Å². The van der Waals surface area contributed by atoms with E-state index in [2.05, 4.69) is 18.0 Å². The Morgan fingerprint density at radius 2 is 2.08 bits per heavy atom. The van der Waals surface area contributed by atoms with Gasteiger partial charge in [-0.05, 0) is 50.5 Å². The second kappa shape index (κ2) is 6.87. The molecule has 4 heteroatoms. The number of hydrogen-bond donors (Lipinski definition) is 0. The Morgan fingerprint density at radius 3 is 2.80 bits per heavy atom. The van der Waals surface area contributed by atoms with E-state index in [1.54, 1.807) is 6.20 Å². The Morgan fingerprint density at radius 1 is 1.28 bits per heavy atom.